The van der Waals surface area contributed by atoms with Crippen LogP contribution in [0.15, 0.2) is 52.6 Å². The molecule has 0 bridgehead atoms. The summed E-state index contributed by atoms with van der Waals surface area (Å²) in [6.45, 7) is 0. The summed E-state index contributed by atoms with van der Waals surface area (Å²) < 4.78 is 0. The van der Waals surface area contributed by atoms with Crippen LogP contribution in [-0.4, -0.2) is 21.7 Å². The van der Waals surface area contributed by atoms with Crippen molar-refractivity contribution in [3.63, 3.8) is 0 Å². The number of thioether (sulfide) groups is 1. The maximum absolute atomic E-state index is 6.20. The minimum atomic E-state index is -0.187. The third-order valence-electron chi connectivity index (χ3n) is 3.81. The number of hydrogen-bond acceptors (Lipinski definition) is 6. The van der Waals surface area contributed by atoms with Crippen molar-refractivity contribution in [2.75, 3.05) is 11.1 Å². The van der Waals surface area contributed by atoms with Crippen molar-refractivity contribution in [3.05, 3.63) is 63.2 Å². The van der Waals surface area contributed by atoms with Gasteiger partial charge in [-0.25, -0.2) is 9.97 Å². The van der Waals surface area contributed by atoms with E-state index < -0.39 is 0 Å². The lowest BCUT2D eigenvalue weighted by Gasteiger charge is -2.13. The van der Waals surface area contributed by atoms with E-state index in [0.717, 1.165) is 21.4 Å². The Morgan fingerprint density at radius 1 is 1.12 bits per heavy atom. The number of fused-ring (bicyclic) bond motifs is 1. The van der Waals surface area contributed by atoms with Crippen molar-refractivity contribution in [2.45, 2.75) is 5.50 Å². The average Bonchev–Trinajstić information content (AvgIpc) is 3.06. The molecule has 1 aromatic heterocycles. The number of rotatable bonds is 3. The quantitative estimate of drug-likeness (QED) is 0.640. The van der Waals surface area contributed by atoms with Gasteiger partial charge in [0.15, 0.2) is 5.50 Å². The average molecular weight is 402 g/mol. The first kappa shape index (κ1) is 17.1. The molecule has 1 aliphatic heterocycles. The first-order chi connectivity index (χ1) is 12.6. The standard InChI is InChI=1S/C18H13Cl2N5S/c19-13-2-1-3-14(20)16(13)25-18-22-8-11(26-18)6-10-4-5-15-12(7-10)17(21)24-9-23-15/h1-9,18,25H,(H2,21,23,24)/b11-6-. The SMILES string of the molecule is Nc1ncnc2ccc(/C=C3/C=NC(Nc4c(Cl)cccc4Cl)S3)cc12. The Hall–Kier alpha value is -2.28. The molecule has 2 heterocycles. The first-order valence-corrected chi connectivity index (χ1v) is 9.36. The highest BCUT2D eigenvalue weighted by Crippen LogP contribution is 2.36. The monoisotopic (exact) mass is 401 g/mol. The molecule has 1 aliphatic rings. The van der Waals surface area contributed by atoms with Crippen LogP contribution in [0.4, 0.5) is 11.5 Å². The Bertz CT molecular complexity index is 1030. The third kappa shape index (κ3) is 3.49. The fourth-order valence-corrected chi connectivity index (χ4v) is 3.97. The van der Waals surface area contributed by atoms with Gasteiger partial charge in [0.25, 0.3) is 0 Å². The van der Waals surface area contributed by atoms with Gasteiger partial charge in [0.2, 0.25) is 0 Å². The minimum Gasteiger partial charge on any atom is -0.383 e. The summed E-state index contributed by atoms with van der Waals surface area (Å²) in [6, 6.07) is 11.3. The van der Waals surface area contributed by atoms with E-state index in [1.165, 1.54) is 6.33 Å². The fraction of sp³-hybridized carbons (Fsp3) is 0.0556. The maximum Gasteiger partial charge on any atom is 0.171 e. The van der Waals surface area contributed by atoms with Gasteiger partial charge in [-0.3, -0.25) is 4.99 Å². The number of nitrogens with one attached hydrogen (secondary N) is 1. The molecule has 1 atom stereocenters. The second kappa shape index (κ2) is 7.15. The molecule has 2 aromatic carbocycles. The summed E-state index contributed by atoms with van der Waals surface area (Å²) in [4.78, 5) is 13.7. The molecule has 0 amide bonds. The number of nitrogen functional groups attached to an aromatic ring is 1. The highest BCUT2D eigenvalue weighted by molar-refractivity contribution is 8.05. The maximum atomic E-state index is 6.20. The van der Waals surface area contributed by atoms with Crippen LogP contribution in [-0.2, 0) is 0 Å². The lowest BCUT2D eigenvalue weighted by atomic mass is 10.1. The van der Waals surface area contributed by atoms with Crippen LogP contribution in [0.1, 0.15) is 5.56 Å². The highest BCUT2D eigenvalue weighted by atomic mass is 35.5. The Morgan fingerprint density at radius 2 is 1.92 bits per heavy atom. The van der Waals surface area contributed by atoms with Crippen LogP contribution in [0.2, 0.25) is 10.0 Å². The topological polar surface area (TPSA) is 76.2 Å². The number of benzene rings is 2. The highest BCUT2D eigenvalue weighted by Gasteiger charge is 2.18. The van der Waals surface area contributed by atoms with Crippen molar-refractivity contribution >= 4 is 69.7 Å². The number of halogens is 2. The number of hydrogen-bond donors (Lipinski definition) is 2. The molecule has 3 aromatic rings. The van der Waals surface area contributed by atoms with Crippen LogP contribution in [0, 0.1) is 0 Å². The van der Waals surface area contributed by atoms with Crippen LogP contribution in [0.3, 0.4) is 0 Å². The number of aliphatic imine (C=N–C) groups is 1. The van der Waals surface area contributed by atoms with E-state index in [4.69, 9.17) is 28.9 Å². The second-order valence-electron chi connectivity index (χ2n) is 5.57. The number of nitrogens with two attached hydrogens (primary N) is 1. The largest absolute Gasteiger partial charge is 0.383 e. The van der Waals surface area contributed by atoms with Crippen LogP contribution >= 0.6 is 35.0 Å². The van der Waals surface area contributed by atoms with Gasteiger partial charge in [-0.15, -0.1) is 0 Å². The number of allylic oxidation sites excluding steroid dienone is 1. The van der Waals surface area contributed by atoms with Gasteiger partial charge in [-0.1, -0.05) is 47.1 Å². The predicted molar refractivity (Wildman–Crippen MR) is 112 cm³/mol. The molecule has 4 rings (SSSR count). The van der Waals surface area contributed by atoms with E-state index >= 15 is 0 Å². The minimum absolute atomic E-state index is 0.187. The molecule has 0 fully saturated rings. The van der Waals surface area contributed by atoms with Crippen molar-refractivity contribution in [1.82, 2.24) is 9.97 Å². The zero-order valence-electron chi connectivity index (χ0n) is 13.4. The van der Waals surface area contributed by atoms with Crippen molar-refractivity contribution < 1.29 is 0 Å². The molecule has 130 valence electrons. The van der Waals surface area contributed by atoms with Gasteiger partial charge in [-0.2, -0.15) is 0 Å². The molecule has 3 N–H and O–H groups in total. The molecule has 8 heteroatoms. The van der Waals surface area contributed by atoms with E-state index in [0.29, 0.717) is 21.6 Å². The molecule has 5 nitrogen and oxygen atoms in total. The molecule has 26 heavy (non-hydrogen) atoms. The molecule has 0 saturated heterocycles. The zero-order chi connectivity index (χ0) is 18.1. The summed E-state index contributed by atoms with van der Waals surface area (Å²) in [5.41, 5.74) is 8.25. The molecular formula is C18H13Cl2N5S. The van der Waals surface area contributed by atoms with E-state index in [-0.39, 0.29) is 5.50 Å². The van der Waals surface area contributed by atoms with Crippen molar-refractivity contribution in [3.8, 4) is 0 Å². The van der Waals surface area contributed by atoms with Crippen LogP contribution < -0.4 is 11.1 Å². The summed E-state index contributed by atoms with van der Waals surface area (Å²) >= 11 is 14.0. The second-order valence-corrected chi connectivity index (χ2v) is 7.54. The lowest BCUT2D eigenvalue weighted by Crippen LogP contribution is -2.10. The molecule has 0 spiro atoms. The van der Waals surface area contributed by atoms with Crippen LogP contribution in [0.25, 0.3) is 17.0 Å². The fourth-order valence-electron chi connectivity index (χ4n) is 2.58. The predicted octanol–water partition coefficient (Wildman–Crippen LogP) is 5.07. The first-order valence-electron chi connectivity index (χ1n) is 7.72. The summed E-state index contributed by atoms with van der Waals surface area (Å²) in [5, 5.41) is 5.22. The van der Waals surface area contributed by atoms with E-state index in [1.54, 1.807) is 30.0 Å². The van der Waals surface area contributed by atoms with Crippen molar-refractivity contribution in [2.24, 2.45) is 4.99 Å². The Kier molecular flexibility index (Phi) is 4.72. The Morgan fingerprint density at radius 3 is 2.73 bits per heavy atom. The molecule has 0 radical (unpaired) electrons. The third-order valence-corrected chi connectivity index (χ3v) is 5.40. The van der Waals surface area contributed by atoms with Crippen molar-refractivity contribution in [1.29, 1.82) is 0 Å². The van der Waals surface area contributed by atoms with Gasteiger partial charge in [0.05, 0.1) is 21.2 Å². The van der Waals surface area contributed by atoms with Gasteiger partial charge < -0.3 is 11.1 Å². The van der Waals surface area contributed by atoms with Crippen LogP contribution in [0.5, 0.6) is 0 Å². The summed E-state index contributed by atoms with van der Waals surface area (Å²) in [7, 11) is 0. The van der Waals surface area contributed by atoms with Gasteiger partial charge in [0, 0.05) is 16.5 Å². The molecule has 1 unspecified atom stereocenters. The van der Waals surface area contributed by atoms with Gasteiger partial charge in [0.1, 0.15) is 12.1 Å². The number of para-hydroxylation sites is 1. The smallest absolute Gasteiger partial charge is 0.171 e. The zero-order valence-corrected chi connectivity index (χ0v) is 15.7. The molecule has 0 saturated carbocycles. The van der Waals surface area contributed by atoms with E-state index in [9.17, 15) is 0 Å². The number of aromatic nitrogens is 2. The van der Waals surface area contributed by atoms with Gasteiger partial charge in [-0.05, 0) is 35.9 Å². The normalized spacial score (nSPS) is 17.9. The lowest BCUT2D eigenvalue weighted by molar-refractivity contribution is 1.08. The van der Waals surface area contributed by atoms with E-state index in [2.05, 4.69) is 20.3 Å². The molecule has 0 aliphatic carbocycles. The van der Waals surface area contributed by atoms with E-state index in [1.807, 2.05) is 30.5 Å². The summed E-state index contributed by atoms with van der Waals surface area (Å²) in [6.07, 6.45) is 5.32. The number of anilines is 2. The summed E-state index contributed by atoms with van der Waals surface area (Å²) in [5.74, 6) is 0.468. The number of nitrogens with zero attached hydrogens (tertiary/aromatic N) is 3. The Balaban J connectivity index is 1.54. The van der Waals surface area contributed by atoms with Gasteiger partial charge >= 0.3 is 0 Å². The Labute approximate surface area is 164 Å². The molecular weight excluding hydrogens is 389 g/mol.